The zero-order valence-electron chi connectivity index (χ0n) is 14.3. The molecule has 1 unspecified atom stereocenters. The number of hydrogen-bond donors (Lipinski definition) is 1. The van der Waals surface area contributed by atoms with Gasteiger partial charge in [0.1, 0.15) is 0 Å². The van der Waals surface area contributed by atoms with Crippen molar-refractivity contribution in [1.82, 2.24) is 10.2 Å². The van der Waals surface area contributed by atoms with Gasteiger partial charge in [0.15, 0.2) is 0 Å². The average molecular weight is 353 g/mol. The Hall–Kier alpha value is -2.04. The number of benzene rings is 2. The molecular weight excluding hydrogens is 328 g/mol. The Balaban J connectivity index is 1.64. The lowest BCUT2D eigenvalue weighted by Gasteiger charge is -2.38. The molecule has 0 aromatic heterocycles. The maximum Gasteiger partial charge on any atom is 0.240 e. The highest BCUT2D eigenvalue weighted by Crippen LogP contribution is 2.32. The fourth-order valence-electron chi connectivity index (χ4n) is 3.08. The highest BCUT2D eigenvalue weighted by atomic mass is 32.2. The van der Waals surface area contributed by atoms with Gasteiger partial charge in [-0.15, -0.1) is 18.3 Å². The smallest absolute Gasteiger partial charge is 0.240 e. The summed E-state index contributed by atoms with van der Waals surface area (Å²) in [4.78, 5) is 16.1. The van der Waals surface area contributed by atoms with Crippen LogP contribution in [-0.4, -0.2) is 28.8 Å². The van der Waals surface area contributed by atoms with Crippen LogP contribution in [0.2, 0.25) is 0 Å². The van der Waals surface area contributed by atoms with Crippen molar-refractivity contribution in [2.45, 2.75) is 35.7 Å². The molecule has 1 N–H and O–H groups in total. The van der Waals surface area contributed by atoms with E-state index in [1.54, 1.807) is 11.8 Å². The highest BCUT2D eigenvalue weighted by Gasteiger charge is 2.34. The molecule has 0 saturated carbocycles. The standard InChI is InChI=1S/C21H24N2OS/c1-2-15-23-20(25-18-11-7-4-8-12-18)14-13-19(21(23)24)22-16-17-9-5-3-6-10-17/h2-12,19-20,22H,1,13-16H2/t19-,20?/m0/s1. The van der Waals surface area contributed by atoms with Crippen LogP contribution in [0.15, 0.2) is 78.2 Å². The Morgan fingerprint density at radius 2 is 1.76 bits per heavy atom. The Labute approximate surface area is 154 Å². The Kier molecular flexibility index (Phi) is 6.31. The van der Waals surface area contributed by atoms with E-state index in [0.29, 0.717) is 6.54 Å². The third-order valence-electron chi connectivity index (χ3n) is 4.37. The molecular formula is C21H24N2OS. The maximum atomic E-state index is 12.9. The third kappa shape index (κ3) is 4.74. The van der Waals surface area contributed by atoms with E-state index in [9.17, 15) is 4.79 Å². The van der Waals surface area contributed by atoms with Gasteiger partial charge in [-0.2, -0.15) is 0 Å². The van der Waals surface area contributed by atoms with E-state index in [-0.39, 0.29) is 17.3 Å². The van der Waals surface area contributed by atoms with E-state index in [4.69, 9.17) is 0 Å². The van der Waals surface area contributed by atoms with E-state index in [1.807, 2.05) is 47.4 Å². The van der Waals surface area contributed by atoms with Gasteiger partial charge in [0.05, 0.1) is 11.4 Å². The molecule has 1 aliphatic heterocycles. The Morgan fingerprint density at radius 1 is 1.08 bits per heavy atom. The number of carbonyl (C=O) groups excluding carboxylic acids is 1. The van der Waals surface area contributed by atoms with E-state index < -0.39 is 0 Å². The number of piperidine rings is 1. The first-order valence-electron chi connectivity index (χ1n) is 8.68. The maximum absolute atomic E-state index is 12.9. The summed E-state index contributed by atoms with van der Waals surface area (Å²) in [7, 11) is 0. The second kappa shape index (κ2) is 8.88. The van der Waals surface area contributed by atoms with E-state index in [0.717, 1.165) is 19.4 Å². The number of thioether (sulfide) groups is 1. The number of amides is 1. The first kappa shape index (κ1) is 17.8. The molecule has 130 valence electrons. The number of nitrogens with zero attached hydrogens (tertiary/aromatic N) is 1. The third-order valence-corrected chi connectivity index (χ3v) is 5.67. The molecule has 1 fully saturated rings. The number of carbonyl (C=O) groups is 1. The van der Waals surface area contributed by atoms with Crippen LogP contribution in [0, 0.1) is 0 Å². The van der Waals surface area contributed by atoms with Crippen LogP contribution < -0.4 is 5.32 Å². The topological polar surface area (TPSA) is 32.3 Å². The van der Waals surface area contributed by atoms with Crippen molar-refractivity contribution in [2.75, 3.05) is 6.54 Å². The van der Waals surface area contributed by atoms with Crippen molar-refractivity contribution in [2.24, 2.45) is 0 Å². The summed E-state index contributed by atoms with van der Waals surface area (Å²) in [6, 6.07) is 20.4. The van der Waals surface area contributed by atoms with Crippen LogP contribution in [0.5, 0.6) is 0 Å². The molecule has 2 atom stereocenters. The second-order valence-corrected chi connectivity index (χ2v) is 7.41. The molecule has 0 radical (unpaired) electrons. The summed E-state index contributed by atoms with van der Waals surface area (Å²) in [5.74, 6) is 0.176. The van der Waals surface area contributed by atoms with E-state index in [2.05, 4.69) is 36.2 Å². The normalized spacial score (nSPS) is 20.5. The van der Waals surface area contributed by atoms with Crippen LogP contribution in [0.1, 0.15) is 18.4 Å². The van der Waals surface area contributed by atoms with Crippen molar-refractivity contribution in [3.8, 4) is 0 Å². The number of hydrogen-bond acceptors (Lipinski definition) is 3. The summed E-state index contributed by atoms with van der Waals surface area (Å²) < 4.78 is 0. The predicted molar refractivity (Wildman–Crippen MR) is 104 cm³/mol. The molecule has 2 aromatic rings. The predicted octanol–water partition coefficient (Wildman–Crippen LogP) is 4.07. The van der Waals surface area contributed by atoms with Crippen molar-refractivity contribution in [3.63, 3.8) is 0 Å². The highest BCUT2D eigenvalue weighted by molar-refractivity contribution is 7.99. The van der Waals surface area contributed by atoms with Crippen molar-refractivity contribution < 1.29 is 4.79 Å². The van der Waals surface area contributed by atoms with E-state index in [1.165, 1.54) is 10.5 Å². The Morgan fingerprint density at radius 3 is 2.44 bits per heavy atom. The van der Waals surface area contributed by atoms with Gasteiger partial charge in [-0.1, -0.05) is 54.6 Å². The zero-order valence-corrected chi connectivity index (χ0v) is 15.1. The lowest BCUT2D eigenvalue weighted by Crippen LogP contribution is -2.53. The van der Waals surface area contributed by atoms with Crippen LogP contribution in [0.3, 0.4) is 0 Å². The number of nitrogens with one attached hydrogen (secondary N) is 1. The number of rotatable bonds is 7. The molecule has 0 spiro atoms. The van der Waals surface area contributed by atoms with Gasteiger partial charge in [0.2, 0.25) is 5.91 Å². The molecule has 0 aliphatic carbocycles. The molecule has 1 heterocycles. The molecule has 1 aliphatic rings. The van der Waals surface area contributed by atoms with Crippen LogP contribution >= 0.6 is 11.8 Å². The molecule has 1 amide bonds. The van der Waals surface area contributed by atoms with Crippen molar-refractivity contribution in [3.05, 3.63) is 78.9 Å². The molecule has 1 saturated heterocycles. The summed E-state index contributed by atoms with van der Waals surface area (Å²) >= 11 is 1.76. The molecule has 4 heteroatoms. The van der Waals surface area contributed by atoms with Crippen molar-refractivity contribution >= 4 is 17.7 Å². The van der Waals surface area contributed by atoms with Crippen LogP contribution in [-0.2, 0) is 11.3 Å². The lowest BCUT2D eigenvalue weighted by atomic mass is 10.0. The quantitative estimate of drug-likeness (QED) is 0.762. The minimum absolute atomic E-state index is 0.118. The lowest BCUT2D eigenvalue weighted by molar-refractivity contribution is -0.136. The van der Waals surface area contributed by atoms with Crippen molar-refractivity contribution in [1.29, 1.82) is 0 Å². The largest absolute Gasteiger partial charge is 0.325 e. The number of likely N-dealkylation sites (tertiary alicyclic amines) is 1. The first-order chi connectivity index (χ1) is 12.3. The van der Waals surface area contributed by atoms with Gasteiger partial charge in [0, 0.05) is 18.0 Å². The fraction of sp³-hybridized carbons (Fsp3) is 0.286. The zero-order chi connectivity index (χ0) is 17.5. The van der Waals surface area contributed by atoms with Gasteiger partial charge >= 0.3 is 0 Å². The van der Waals surface area contributed by atoms with Gasteiger partial charge < -0.3 is 10.2 Å². The Bertz CT molecular complexity index is 690. The van der Waals surface area contributed by atoms with E-state index >= 15 is 0 Å². The molecule has 3 rings (SSSR count). The summed E-state index contributed by atoms with van der Waals surface area (Å²) in [6.07, 6.45) is 3.66. The summed E-state index contributed by atoms with van der Waals surface area (Å²) in [5.41, 5.74) is 1.20. The minimum atomic E-state index is -0.118. The first-order valence-corrected chi connectivity index (χ1v) is 9.56. The molecule has 25 heavy (non-hydrogen) atoms. The molecule has 3 nitrogen and oxygen atoms in total. The molecule has 2 aromatic carbocycles. The monoisotopic (exact) mass is 352 g/mol. The van der Waals surface area contributed by atoms with Gasteiger partial charge in [-0.05, 0) is 30.5 Å². The minimum Gasteiger partial charge on any atom is -0.325 e. The van der Waals surface area contributed by atoms with Crippen LogP contribution in [0.25, 0.3) is 0 Å². The van der Waals surface area contributed by atoms with Crippen LogP contribution in [0.4, 0.5) is 0 Å². The average Bonchev–Trinajstić information content (AvgIpc) is 2.66. The molecule has 0 bridgehead atoms. The second-order valence-electron chi connectivity index (χ2n) is 6.16. The summed E-state index contributed by atoms with van der Waals surface area (Å²) in [6.45, 7) is 5.13. The SMILES string of the molecule is C=CCN1C(=O)[C@@H](NCc2ccccc2)CCC1Sc1ccccc1. The van der Waals surface area contributed by atoms with Gasteiger partial charge in [-0.3, -0.25) is 4.79 Å². The fourth-order valence-corrected chi connectivity index (χ4v) is 4.28. The summed E-state index contributed by atoms with van der Waals surface area (Å²) in [5, 5.41) is 3.59. The van der Waals surface area contributed by atoms with Gasteiger partial charge in [0.25, 0.3) is 0 Å². The van der Waals surface area contributed by atoms with Gasteiger partial charge in [-0.25, -0.2) is 0 Å².